The number of amides is 1. The van der Waals surface area contributed by atoms with Crippen molar-refractivity contribution >= 4 is 34.8 Å². The average Bonchev–Trinajstić information content (AvgIpc) is 3.45. The largest absolute Gasteiger partial charge is 0.354 e. The van der Waals surface area contributed by atoms with Crippen LogP contribution in [0.2, 0.25) is 0 Å². The number of fused-ring (bicyclic) bond motifs is 1. The highest BCUT2D eigenvalue weighted by molar-refractivity contribution is 7.98. The quantitative estimate of drug-likeness (QED) is 0.499. The molecule has 0 aliphatic carbocycles. The first-order valence-corrected chi connectivity index (χ1v) is 13.4. The average molecular weight is 473 g/mol. The standard InChI is InChI=1S/C23H32N6OS2/c1-15-9-11-28(12-10-15)19(20-6-5-13-32-20)14-24-21(30)8-7-18-16(2)25-22-26-23(31-4)27-29(22)17(18)3/h5-6,13,15,19H,7-12,14H2,1-4H3,(H,24,30). The molecule has 1 unspecified atom stereocenters. The van der Waals surface area contributed by atoms with Gasteiger partial charge in [0.05, 0.1) is 6.04 Å². The van der Waals surface area contributed by atoms with E-state index >= 15 is 0 Å². The first kappa shape index (κ1) is 23.2. The SMILES string of the molecule is CSc1nc2nc(C)c(CCC(=O)NCC(c3cccs3)N3CCC(C)CC3)c(C)n2n1. The Morgan fingerprint density at radius 1 is 1.31 bits per heavy atom. The van der Waals surface area contributed by atoms with Crippen molar-refractivity contribution in [1.29, 1.82) is 0 Å². The summed E-state index contributed by atoms with van der Waals surface area (Å²) < 4.78 is 1.79. The Morgan fingerprint density at radius 3 is 2.78 bits per heavy atom. The molecule has 1 aliphatic heterocycles. The van der Waals surface area contributed by atoms with E-state index in [0.717, 1.165) is 36.0 Å². The van der Waals surface area contributed by atoms with Gasteiger partial charge in [-0.1, -0.05) is 24.8 Å². The van der Waals surface area contributed by atoms with Crippen LogP contribution in [0.5, 0.6) is 0 Å². The van der Waals surface area contributed by atoms with E-state index in [1.54, 1.807) is 15.9 Å². The number of likely N-dealkylation sites (tertiary alicyclic amines) is 1. The number of aryl methyl sites for hydroxylation is 2. The monoisotopic (exact) mass is 472 g/mol. The number of thiophene rings is 1. The van der Waals surface area contributed by atoms with E-state index in [4.69, 9.17) is 0 Å². The van der Waals surface area contributed by atoms with Crippen LogP contribution in [-0.4, -0.2) is 56.3 Å². The predicted molar refractivity (Wildman–Crippen MR) is 130 cm³/mol. The van der Waals surface area contributed by atoms with Gasteiger partial charge in [-0.05, 0) is 75.4 Å². The molecule has 172 valence electrons. The maximum Gasteiger partial charge on any atom is 0.253 e. The molecule has 0 bridgehead atoms. The van der Waals surface area contributed by atoms with Gasteiger partial charge in [0.2, 0.25) is 11.1 Å². The van der Waals surface area contributed by atoms with E-state index in [2.05, 4.69) is 49.7 Å². The molecular formula is C23H32N6OS2. The lowest BCUT2D eigenvalue weighted by Crippen LogP contribution is -2.41. The number of nitrogens with zero attached hydrogens (tertiary/aromatic N) is 5. The van der Waals surface area contributed by atoms with E-state index in [1.807, 2.05) is 20.1 Å². The van der Waals surface area contributed by atoms with Crippen molar-refractivity contribution in [1.82, 2.24) is 29.8 Å². The normalized spacial score (nSPS) is 16.5. The van der Waals surface area contributed by atoms with Crippen LogP contribution in [0, 0.1) is 19.8 Å². The van der Waals surface area contributed by atoms with E-state index in [1.165, 1.54) is 29.5 Å². The third kappa shape index (κ3) is 5.15. The molecule has 0 radical (unpaired) electrons. The molecule has 1 fully saturated rings. The zero-order valence-corrected chi connectivity index (χ0v) is 20.9. The summed E-state index contributed by atoms with van der Waals surface area (Å²) >= 11 is 3.28. The van der Waals surface area contributed by atoms with E-state index in [9.17, 15) is 4.79 Å². The Morgan fingerprint density at radius 2 is 2.09 bits per heavy atom. The van der Waals surface area contributed by atoms with Gasteiger partial charge in [-0.2, -0.15) is 4.98 Å². The molecular weight excluding hydrogens is 440 g/mol. The lowest BCUT2D eigenvalue weighted by molar-refractivity contribution is -0.121. The maximum atomic E-state index is 12.8. The number of piperidine rings is 1. The molecule has 1 amide bonds. The van der Waals surface area contributed by atoms with Crippen LogP contribution in [0.25, 0.3) is 5.78 Å². The van der Waals surface area contributed by atoms with E-state index in [0.29, 0.717) is 30.3 Å². The zero-order valence-electron chi connectivity index (χ0n) is 19.3. The minimum atomic E-state index is 0.0826. The van der Waals surface area contributed by atoms with Crippen molar-refractivity contribution in [2.24, 2.45) is 5.92 Å². The first-order chi connectivity index (χ1) is 15.5. The lowest BCUT2D eigenvalue weighted by Gasteiger charge is -2.36. The summed E-state index contributed by atoms with van der Waals surface area (Å²) in [4.78, 5) is 25.7. The number of aromatic nitrogens is 4. The fourth-order valence-corrected chi connectivity index (χ4v) is 5.60. The van der Waals surface area contributed by atoms with Gasteiger partial charge in [-0.3, -0.25) is 9.69 Å². The van der Waals surface area contributed by atoms with Crippen molar-refractivity contribution in [3.05, 3.63) is 39.3 Å². The third-order valence-electron chi connectivity index (χ3n) is 6.44. The van der Waals surface area contributed by atoms with Gasteiger partial charge in [0.15, 0.2) is 0 Å². The van der Waals surface area contributed by atoms with Gasteiger partial charge < -0.3 is 5.32 Å². The van der Waals surface area contributed by atoms with Crippen molar-refractivity contribution in [3.63, 3.8) is 0 Å². The highest BCUT2D eigenvalue weighted by atomic mass is 32.2. The van der Waals surface area contributed by atoms with Crippen LogP contribution in [0.15, 0.2) is 22.7 Å². The van der Waals surface area contributed by atoms with E-state index in [-0.39, 0.29) is 11.9 Å². The number of rotatable bonds is 8. The van der Waals surface area contributed by atoms with Crippen LogP contribution < -0.4 is 5.32 Å². The molecule has 3 aromatic rings. The second-order valence-electron chi connectivity index (χ2n) is 8.63. The van der Waals surface area contributed by atoms with Crippen molar-refractivity contribution in [3.8, 4) is 0 Å². The molecule has 1 aliphatic rings. The Labute approximate surface area is 198 Å². The highest BCUT2D eigenvalue weighted by Crippen LogP contribution is 2.29. The number of carbonyl (C=O) groups excluding carboxylic acids is 1. The molecule has 0 saturated carbocycles. The second-order valence-corrected chi connectivity index (χ2v) is 10.4. The van der Waals surface area contributed by atoms with Crippen LogP contribution >= 0.6 is 23.1 Å². The Bertz CT molecular complexity index is 1060. The lowest BCUT2D eigenvalue weighted by atomic mass is 9.97. The molecule has 4 heterocycles. The highest BCUT2D eigenvalue weighted by Gasteiger charge is 2.25. The first-order valence-electron chi connectivity index (χ1n) is 11.3. The van der Waals surface area contributed by atoms with Crippen LogP contribution in [0.3, 0.4) is 0 Å². The zero-order chi connectivity index (χ0) is 22.7. The Balaban J connectivity index is 1.39. The number of thioether (sulfide) groups is 1. The van der Waals surface area contributed by atoms with Gasteiger partial charge in [0.25, 0.3) is 5.78 Å². The van der Waals surface area contributed by atoms with Gasteiger partial charge in [0.1, 0.15) is 0 Å². The fourth-order valence-electron chi connectivity index (χ4n) is 4.41. The topological polar surface area (TPSA) is 75.4 Å². The third-order valence-corrected chi connectivity index (χ3v) is 7.95. The van der Waals surface area contributed by atoms with Crippen molar-refractivity contribution < 1.29 is 4.79 Å². The summed E-state index contributed by atoms with van der Waals surface area (Å²) in [6.45, 7) is 9.19. The second kappa shape index (κ2) is 10.3. The van der Waals surface area contributed by atoms with Crippen molar-refractivity contribution in [2.75, 3.05) is 25.9 Å². The fraction of sp³-hybridized carbons (Fsp3) is 0.565. The molecule has 1 saturated heterocycles. The molecule has 9 heteroatoms. The summed E-state index contributed by atoms with van der Waals surface area (Å²) in [6.07, 6.45) is 5.49. The van der Waals surface area contributed by atoms with Crippen molar-refractivity contribution in [2.45, 2.75) is 57.7 Å². The van der Waals surface area contributed by atoms with Gasteiger partial charge in [-0.25, -0.2) is 9.50 Å². The predicted octanol–water partition coefficient (Wildman–Crippen LogP) is 4.05. The molecule has 1 N–H and O–H groups in total. The molecule has 32 heavy (non-hydrogen) atoms. The summed E-state index contributed by atoms with van der Waals surface area (Å²) in [7, 11) is 0. The molecule has 7 nitrogen and oxygen atoms in total. The molecule has 3 aromatic heterocycles. The van der Waals surface area contributed by atoms with Crippen LogP contribution in [0.1, 0.15) is 54.1 Å². The summed E-state index contributed by atoms with van der Waals surface area (Å²) in [5.41, 5.74) is 3.00. The van der Waals surface area contributed by atoms with Crippen LogP contribution in [0.4, 0.5) is 0 Å². The molecule has 4 rings (SSSR count). The van der Waals surface area contributed by atoms with Gasteiger partial charge in [0, 0.05) is 29.2 Å². The summed E-state index contributed by atoms with van der Waals surface area (Å²) in [6, 6.07) is 4.55. The molecule has 1 atom stereocenters. The van der Waals surface area contributed by atoms with E-state index < -0.39 is 0 Å². The number of carbonyl (C=O) groups is 1. The summed E-state index contributed by atoms with van der Waals surface area (Å²) in [5, 5.41) is 10.5. The van der Waals surface area contributed by atoms with Gasteiger partial charge >= 0.3 is 0 Å². The molecule has 0 aromatic carbocycles. The number of hydrogen-bond acceptors (Lipinski definition) is 7. The maximum absolute atomic E-state index is 12.8. The summed E-state index contributed by atoms with van der Waals surface area (Å²) in [5.74, 6) is 1.49. The number of nitrogens with one attached hydrogen (secondary N) is 1. The minimum Gasteiger partial charge on any atom is -0.354 e. The van der Waals surface area contributed by atoms with Gasteiger partial charge in [-0.15, -0.1) is 16.4 Å². The Kier molecular flexibility index (Phi) is 7.48. The minimum absolute atomic E-state index is 0.0826. The smallest absolute Gasteiger partial charge is 0.253 e. The number of hydrogen-bond donors (Lipinski definition) is 1. The molecule has 0 spiro atoms. The Hall–Kier alpha value is -1.97. The van der Waals surface area contributed by atoms with Crippen LogP contribution in [-0.2, 0) is 11.2 Å².